The molecule has 0 aliphatic carbocycles. The smallest absolute Gasteiger partial charge is 0.0925 e. The number of nitrogens with one attached hydrogen (secondary N) is 1. The highest BCUT2D eigenvalue weighted by Gasteiger charge is 2.10. The normalized spacial score (nSPS) is 11.6. The fraction of sp³-hybridized carbons (Fsp3) is 0.278. The van der Waals surface area contributed by atoms with Gasteiger partial charge in [-0.2, -0.15) is 5.10 Å². The van der Waals surface area contributed by atoms with E-state index in [4.69, 9.17) is 0 Å². The van der Waals surface area contributed by atoms with Crippen LogP contribution in [-0.2, 0) is 6.54 Å². The Morgan fingerprint density at radius 1 is 1.04 bits per heavy atom. The molecular weight excluding hydrogens is 286 g/mol. The molecule has 118 valence electrons. The summed E-state index contributed by atoms with van der Waals surface area (Å²) >= 11 is 0. The summed E-state index contributed by atoms with van der Waals surface area (Å²) in [6.45, 7) is 7.27. The number of hydrogen-bond acceptors (Lipinski definition) is 4. The fourth-order valence-corrected chi connectivity index (χ4v) is 2.23. The second-order valence-electron chi connectivity index (χ2n) is 6.49. The highest BCUT2D eigenvalue weighted by atomic mass is 15.3. The summed E-state index contributed by atoms with van der Waals surface area (Å²) in [6, 6.07) is 9.97. The summed E-state index contributed by atoms with van der Waals surface area (Å²) in [7, 11) is 0. The first-order chi connectivity index (χ1) is 11.0. The molecule has 0 atom stereocenters. The maximum atomic E-state index is 4.59. The standard InChI is InChI=1S/C18H21N5/c1-18(2,3)21-12-14-6-7-16(20-11-14)17-8-10-22-23(17)15-5-4-9-19-13-15/h4-11,13,21H,12H2,1-3H3. The zero-order valence-electron chi connectivity index (χ0n) is 13.7. The van der Waals surface area contributed by atoms with Crippen LogP contribution in [0.5, 0.6) is 0 Å². The Balaban J connectivity index is 1.82. The monoisotopic (exact) mass is 307 g/mol. The van der Waals surface area contributed by atoms with E-state index in [2.05, 4.69) is 47.2 Å². The Bertz CT molecular complexity index is 754. The van der Waals surface area contributed by atoms with Crippen LogP contribution in [0.1, 0.15) is 26.3 Å². The lowest BCUT2D eigenvalue weighted by molar-refractivity contribution is 0.424. The van der Waals surface area contributed by atoms with Crippen LogP contribution < -0.4 is 5.32 Å². The van der Waals surface area contributed by atoms with E-state index >= 15 is 0 Å². The predicted octanol–water partition coefficient (Wildman–Crippen LogP) is 3.22. The summed E-state index contributed by atoms with van der Waals surface area (Å²) in [5.41, 5.74) is 4.03. The summed E-state index contributed by atoms with van der Waals surface area (Å²) in [5, 5.41) is 7.84. The van der Waals surface area contributed by atoms with E-state index in [1.807, 2.05) is 35.1 Å². The average molecular weight is 307 g/mol. The van der Waals surface area contributed by atoms with Crippen LogP contribution in [0, 0.1) is 0 Å². The molecule has 0 amide bonds. The minimum Gasteiger partial charge on any atom is -0.308 e. The molecule has 3 aromatic heterocycles. The van der Waals surface area contributed by atoms with Crippen LogP contribution in [0.4, 0.5) is 0 Å². The molecule has 0 fully saturated rings. The van der Waals surface area contributed by atoms with Gasteiger partial charge in [-0.3, -0.25) is 9.97 Å². The fourth-order valence-electron chi connectivity index (χ4n) is 2.23. The van der Waals surface area contributed by atoms with Crippen LogP contribution in [-0.4, -0.2) is 25.3 Å². The topological polar surface area (TPSA) is 55.6 Å². The van der Waals surface area contributed by atoms with Crippen molar-refractivity contribution in [1.82, 2.24) is 25.1 Å². The number of nitrogens with zero attached hydrogens (tertiary/aromatic N) is 4. The quantitative estimate of drug-likeness (QED) is 0.804. The third-order valence-corrected chi connectivity index (χ3v) is 3.44. The van der Waals surface area contributed by atoms with Crippen LogP contribution in [0.15, 0.2) is 55.1 Å². The van der Waals surface area contributed by atoms with Crippen molar-refractivity contribution < 1.29 is 0 Å². The van der Waals surface area contributed by atoms with Gasteiger partial charge in [0.15, 0.2) is 0 Å². The van der Waals surface area contributed by atoms with Gasteiger partial charge in [-0.05, 0) is 50.6 Å². The number of hydrogen-bond donors (Lipinski definition) is 1. The van der Waals surface area contributed by atoms with E-state index in [1.165, 1.54) is 0 Å². The maximum absolute atomic E-state index is 4.59. The van der Waals surface area contributed by atoms with Gasteiger partial charge in [0.2, 0.25) is 0 Å². The molecule has 1 N–H and O–H groups in total. The first-order valence-electron chi connectivity index (χ1n) is 7.68. The van der Waals surface area contributed by atoms with Gasteiger partial charge in [0.1, 0.15) is 0 Å². The lowest BCUT2D eigenvalue weighted by atomic mass is 10.1. The summed E-state index contributed by atoms with van der Waals surface area (Å²) in [5.74, 6) is 0. The molecule has 0 saturated heterocycles. The van der Waals surface area contributed by atoms with E-state index < -0.39 is 0 Å². The number of rotatable bonds is 4. The molecule has 5 nitrogen and oxygen atoms in total. The Morgan fingerprint density at radius 2 is 1.91 bits per heavy atom. The highest BCUT2D eigenvalue weighted by Crippen LogP contribution is 2.20. The second-order valence-corrected chi connectivity index (χ2v) is 6.49. The summed E-state index contributed by atoms with van der Waals surface area (Å²) in [4.78, 5) is 8.73. The molecule has 0 aliphatic heterocycles. The van der Waals surface area contributed by atoms with E-state index in [9.17, 15) is 0 Å². The zero-order chi connectivity index (χ0) is 16.3. The van der Waals surface area contributed by atoms with Gasteiger partial charge in [0.05, 0.1) is 29.5 Å². The second kappa shape index (κ2) is 6.30. The van der Waals surface area contributed by atoms with E-state index in [-0.39, 0.29) is 5.54 Å². The van der Waals surface area contributed by atoms with E-state index in [0.29, 0.717) is 0 Å². The van der Waals surface area contributed by atoms with Gasteiger partial charge in [-0.25, -0.2) is 4.68 Å². The van der Waals surface area contributed by atoms with Crippen LogP contribution >= 0.6 is 0 Å². The molecule has 0 radical (unpaired) electrons. The van der Waals surface area contributed by atoms with Gasteiger partial charge < -0.3 is 5.32 Å². The van der Waals surface area contributed by atoms with Gasteiger partial charge >= 0.3 is 0 Å². The SMILES string of the molecule is CC(C)(C)NCc1ccc(-c2ccnn2-c2cccnc2)nc1. The highest BCUT2D eigenvalue weighted by molar-refractivity contribution is 5.57. The Morgan fingerprint density at radius 3 is 2.57 bits per heavy atom. The van der Waals surface area contributed by atoms with Gasteiger partial charge in [0.25, 0.3) is 0 Å². The lowest BCUT2D eigenvalue weighted by Crippen LogP contribution is -2.35. The minimum absolute atomic E-state index is 0.0948. The lowest BCUT2D eigenvalue weighted by Gasteiger charge is -2.20. The molecule has 0 bridgehead atoms. The Hall–Kier alpha value is -2.53. The molecule has 0 spiro atoms. The van der Waals surface area contributed by atoms with E-state index in [1.54, 1.807) is 18.6 Å². The van der Waals surface area contributed by atoms with Crippen LogP contribution in [0.3, 0.4) is 0 Å². The first kappa shape index (κ1) is 15.4. The number of pyridine rings is 2. The maximum Gasteiger partial charge on any atom is 0.0925 e. The first-order valence-corrected chi connectivity index (χ1v) is 7.68. The largest absolute Gasteiger partial charge is 0.308 e. The van der Waals surface area contributed by atoms with E-state index in [0.717, 1.165) is 29.2 Å². The average Bonchev–Trinajstić information content (AvgIpc) is 3.03. The van der Waals surface area contributed by atoms with Crippen molar-refractivity contribution in [1.29, 1.82) is 0 Å². The summed E-state index contributed by atoms with van der Waals surface area (Å²) < 4.78 is 1.85. The van der Waals surface area contributed by atoms with Gasteiger partial charge in [0, 0.05) is 24.5 Å². The molecule has 5 heteroatoms. The minimum atomic E-state index is 0.0948. The third-order valence-electron chi connectivity index (χ3n) is 3.44. The Kier molecular flexibility index (Phi) is 4.21. The Labute approximate surface area is 136 Å². The van der Waals surface area contributed by atoms with Crippen molar-refractivity contribution >= 4 is 0 Å². The molecule has 3 aromatic rings. The van der Waals surface area contributed by atoms with Gasteiger partial charge in [-0.15, -0.1) is 0 Å². The van der Waals surface area contributed by atoms with Crippen molar-refractivity contribution in [3.8, 4) is 17.1 Å². The van der Waals surface area contributed by atoms with Gasteiger partial charge in [-0.1, -0.05) is 6.07 Å². The zero-order valence-corrected chi connectivity index (χ0v) is 13.7. The van der Waals surface area contributed by atoms with Crippen molar-refractivity contribution in [3.05, 3.63) is 60.7 Å². The molecule has 0 aromatic carbocycles. The molecule has 0 aliphatic rings. The predicted molar refractivity (Wildman–Crippen MR) is 91.2 cm³/mol. The van der Waals surface area contributed by atoms with Crippen molar-refractivity contribution in [2.75, 3.05) is 0 Å². The molecular formula is C18H21N5. The van der Waals surface area contributed by atoms with Crippen molar-refractivity contribution in [2.24, 2.45) is 0 Å². The molecule has 0 unspecified atom stereocenters. The molecule has 23 heavy (non-hydrogen) atoms. The van der Waals surface area contributed by atoms with Crippen LogP contribution in [0.2, 0.25) is 0 Å². The number of aromatic nitrogens is 4. The molecule has 0 saturated carbocycles. The summed E-state index contributed by atoms with van der Waals surface area (Å²) in [6.07, 6.45) is 7.23. The molecule has 3 rings (SSSR count). The van der Waals surface area contributed by atoms with Crippen molar-refractivity contribution in [3.63, 3.8) is 0 Å². The third kappa shape index (κ3) is 3.81. The van der Waals surface area contributed by atoms with Crippen LogP contribution in [0.25, 0.3) is 17.1 Å². The van der Waals surface area contributed by atoms with Crippen molar-refractivity contribution in [2.45, 2.75) is 32.9 Å². The molecule has 3 heterocycles.